The molecule has 4 nitrogen and oxygen atoms in total. The largest absolute Gasteiger partial charge is 0.459 e. The molecule has 0 aromatic heterocycles. The molecule has 106 valence electrons. The number of halogens is 2. The molecule has 0 aliphatic rings. The van der Waals surface area contributed by atoms with Gasteiger partial charge < -0.3 is 4.74 Å². The zero-order valence-electron chi connectivity index (χ0n) is 10.7. The van der Waals surface area contributed by atoms with Gasteiger partial charge in [0, 0.05) is 15.2 Å². The average molecular weight is 370 g/mol. The highest BCUT2D eigenvalue weighted by molar-refractivity contribution is 9.10. The Kier molecular flexibility index (Phi) is 5.41. The summed E-state index contributed by atoms with van der Waals surface area (Å²) in [6.45, 7) is 5.35. The summed E-state index contributed by atoms with van der Waals surface area (Å²) < 4.78 is 28.4. The lowest BCUT2D eigenvalue weighted by molar-refractivity contribution is 0.0333. The first-order valence-electron chi connectivity index (χ1n) is 5.62. The van der Waals surface area contributed by atoms with Gasteiger partial charge in [0.25, 0.3) is 9.05 Å². The molecule has 0 saturated carbocycles. The fourth-order valence-corrected chi connectivity index (χ4v) is 2.73. The molecule has 0 spiro atoms. The van der Waals surface area contributed by atoms with Gasteiger partial charge in [0.2, 0.25) is 0 Å². The molecule has 0 bridgehead atoms. The predicted molar refractivity (Wildman–Crippen MR) is 77.1 cm³/mol. The molecule has 0 radical (unpaired) electrons. The minimum absolute atomic E-state index is 0.136. The average Bonchev–Trinajstić information content (AvgIpc) is 2.30. The molecule has 7 heteroatoms. The standard InChI is InChI=1S/C12H14BrClO4S/c1-4-7(2)18-12(15)10-5-9(19(14,16)17)6-11(13)8(10)3/h5-7H,4H2,1-3H3. The van der Waals surface area contributed by atoms with Crippen LogP contribution in [0.5, 0.6) is 0 Å². The number of benzene rings is 1. The highest BCUT2D eigenvalue weighted by atomic mass is 79.9. The van der Waals surface area contributed by atoms with E-state index in [2.05, 4.69) is 15.9 Å². The Morgan fingerprint density at radius 2 is 2.05 bits per heavy atom. The first-order chi connectivity index (χ1) is 8.66. The maximum atomic E-state index is 12.0. The van der Waals surface area contributed by atoms with Gasteiger partial charge in [0.1, 0.15) is 0 Å². The number of carbonyl (C=O) groups is 1. The molecule has 1 atom stereocenters. The normalized spacial score (nSPS) is 13.1. The van der Waals surface area contributed by atoms with Gasteiger partial charge >= 0.3 is 5.97 Å². The summed E-state index contributed by atoms with van der Waals surface area (Å²) in [5.74, 6) is -0.560. The predicted octanol–water partition coefficient (Wildman–Crippen LogP) is 3.64. The van der Waals surface area contributed by atoms with Crippen LogP contribution in [0.25, 0.3) is 0 Å². The zero-order valence-corrected chi connectivity index (χ0v) is 13.9. The van der Waals surface area contributed by atoms with Crippen molar-refractivity contribution in [2.45, 2.75) is 38.2 Å². The van der Waals surface area contributed by atoms with Crippen molar-refractivity contribution in [3.8, 4) is 0 Å². The van der Waals surface area contributed by atoms with Crippen LogP contribution in [0, 0.1) is 6.92 Å². The number of rotatable bonds is 4. The topological polar surface area (TPSA) is 60.4 Å². The van der Waals surface area contributed by atoms with Gasteiger partial charge in [-0.15, -0.1) is 0 Å². The van der Waals surface area contributed by atoms with Crippen LogP contribution in [0.3, 0.4) is 0 Å². The van der Waals surface area contributed by atoms with Crippen LogP contribution in [-0.4, -0.2) is 20.5 Å². The fourth-order valence-electron chi connectivity index (χ4n) is 1.34. The van der Waals surface area contributed by atoms with Gasteiger partial charge in [-0.3, -0.25) is 0 Å². The van der Waals surface area contributed by atoms with E-state index in [-0.39, 0.29) is 16.6 Å². The van der Waals surface area contributed by atoms with Crippen molar-refractivity contribution >= 4 is 41.6 Å². The Morgan fingerprint density at radius 1 is 1.47 bits per heavy atom. The Bertz CT molecular complexity index is 598. The number of carbonyl (C=O) groups excluding carboxylic acids is 1. The van der Waals surface area contributed by atoms with Crippen LogP contribution < -0.4 is 0 Å². The monoisotopic (exact) mass is 368 g/mol. The van der Waals surface area contributed by atoms with E-state index in [0.29, 0.717) is 16.5 Å². The van der Waals surface area contributed by atoms with E-state index < -0.39 is 15.0 Å². The Morgan fingerprint density at radius 3 is 2.53 bits per heavy atom. The number of ether oxygens (including phenoxy) is 1. The van der Waals surface area contributed by atoms with Gasteiger partial charge in [-0.05, 0) is 38.0 Å². The molecule has 1 aromatic carbocycles. The van der Waals surface area contributed by atoms with E-state index in [0.717, 1.165) is 0 Å². The summed E-state index contributed by atoms with van der Waals surface area (Å²) in [6.07, 6.45) is 0.446. The van der Waals surface area contributed by atoms with Gasteiger partial charge in [-0.25, -0.2) is 13.2 Å². The molecule has 0 aliphatic carbocycles. The summed E-state index contributed by atoms with van der Waals surface area (Å²) >= 11 is 3.21. The third kappa shape index (κ3) is 4.19. The van der Waals surface area contributed by atoms with Crippen LogP contribution in [0.15, 0.2) is 21.5 Å². The maximum absolute atomic E-state index is 12.0. The van der Waals surface area contributed by atoms with Crippen molar-refractivity contribution in [2.75, 3.05) is 0 Å². The minimum atomic E-state index is -3.90. The number of esters is 1. The maximum Gasteiger partial charge on any atom is 0.338 e. The van der Waals surface area contributed by atoms with E-state index in [1.54, 1.807) is 13.8 Å². The van der Waals surface area contributed by atoms with E-state index in [9.17, 15) is 13.2 Å². The number of hydrogen-bond donors (Lipinski definition) is 0. The van der Waals surface area contributed by atoms with Crippen LogP contribution in [-0.2, 0) is 13.8 Å². The first kappa shape index (κ1) is 16.5. The summed E-state index contributed by atoms with van der Waals surface area (Å²) in [6, 6.07) is 2.59. The zero-order chi connectivity index (χ0) is 14.8. The second-order valence-corrected chi connectivity index (χ2v) is 7.56. The van der Waals surface area contributed by atoms with Crippen molar-refractivity contribution in [3.63, 3.8) is 0 Å². The fraction of sp³-hybridized carbons (Fsp3) is 0.417. The summed E-state index contributed by atoms with van der Waals surface area (Å²) in [4.78, 5) is 11.8. The molecule has 0 amide bonds. The molecule has 0 heterocycles. The quantitative estimate of drug-likeness (QED) is 0.600. The van der Waals surface area contributed by atoms with Crippen LogP contribution >= 0.6 is 26.6 Å². The molecule has 0 N–H and O–H groups in total. The molecule has 0 aliphatic heterocycles. The molecular weight excluding hydrogens is 356 g/mol. The second kappa shape index (κ2) is 6.24. The van der Waals surface area contributed by atoms with Gasteiger partial charge in [-0.1, -0.05) is 22.9 Å². The number of hydrogen-bond acceptors (Lipinski definition) is 4. The third-order valence-electron chi connectivity index (χ3n) is 2.70. The van der Waals surface area contributed by atoms with Crippen LogP contribution in [0.4, 0.5) is 0 Å². The second-order valence-electron chi connectivity index (χ2n) is 4.14. The molecular formula is C12H14BrClO4S. The lowest BCUT2D eigenvalue weighted by Gasteiger charge is -2.13. The summed E-state index contributed by atoms with van der Waals surface area (Å²) in [5.41, 5.74) is 0.797. The Labute approximate surface area is 125 Å². The Balaban J connectivity index is 3.27. The van der Waals surface area contributed by atoms with Crippen molar-refractivity contribution in [3.05, 3.63) is 27.7 Å². The highest BCUT2D eigenvalue weighted by Gasteiger charge is 2.20. The van der Waals surface area contributed by atoms with Crippen LogP contribution in [0.2, 0.25) is 0 Å². The molecule has 1 rings (SSSR count). The van der Waals surface area contributed by atoms with Crippen molar-refractivity contribution < 1.29 is 17.9 Å². The van der Waals surface area contributed by atoms with E-state index in [1.165, 1.54) is 12.1 Å². The van der Waals surface area contributed by atoms with E-state index in [4.69, 9.17) is 15.4 Å². The minimum Gasteiger partial charge on any atom is -0.459 e. The molecule has 1 aromatic rings. The lowest BCUT2D eigenvalue weighted by Crippen LogP contribution is -2.15. The van der Waals surface area contributed by atoms with Gasteiger partial charge in [0.15, 0.2) is 0 Å². The smallest absolute Gasteiger partial charge is 0.338 e. The van der Waals surface area contributed by atoms with E-state index in [1.807, 2.05) is 6.92 Å². The van der Waals surface area contributed by atoms with Crippen LogP contribution in [0.1, 0.15) is 36.2 Å². The van der Waals surface area contributed by atoms with Gasteiger partial charge in [-0.2, -0.15) is 0 Å². The SMILES string of the molecule is CCC(C)OC(=O)c1cc(S(=O)(=O)Cl)cc(Br)c1C. The molecule has 0 saturated heterocycles. The van der Waals surface area contributed by atoms with E-state index >= 15 is 0 Å². The van der Waals surface area contributed by atoms with Crippen molar-refractivity contribution in [2.24, 2.45) is 0 Å². The van der Waals surface area contributed by atoms with Crippen molar-refractivity contribution in [1.82, 2.24) is 0 Å². The first-order valence-corrected chi connectivity index (χ1v) is 8.72. The molecule has 19 heavy (non-hydrogen) atoms. The summed E-state index contributed by atoms with van der Waals surface area (Å²) in [7, 11) is 1.39. The Hall–Kier alpha value is -0.590. The lowest BCUT2D eigenvalue weighted by atomic mass is 10.1. The third-order valence-corrected chi connectivity index (χ3v) is 4.86. The molecule has 0 fully saturated rings. The molecule has 1 unspecified atom stereocenters. The summed E-state index contributed by atoms with van der Waals surface area (Å²) in [5, 5.41) is 0. The highest BCUT2D eigenvalue weighted by Crippen LogP contribution is 2.27. The van der Waals surface area contributed by atoms with Gasteiger partial charge in [0.05, 0.1) is 16.6 Å². The van der Waals surface area contributed by atoms with Crippen molar-refractivity contribution in [1.29, 1.82) is 0 Å².